The summed E-state index contributed by atoms with van der Waals surface area (Å²) < 4.78 is 6.49. The molecule has 294 valence electrons. The maximum atomic E-state index is 6.49. The SMILES string of the molecule is CCC1C/C(c2ccccc2)=C(/C)C(C)C(c2cccc(-c3cccc(-c4ccc5c(c4)c4c(-c6ccccc6)ccc6oc7cccc5c7c64)c3)c2)=NC1c1ccccc1. The third-order valence-electron chi connectivity index (χ3n) is 13.5. The Morgan fingerprint density at radius 2 is 1.08 bits per heavy atom. The number of aliphatic imine (C=N–C) groups is 1. The molecule has 0 amide bonds. The number of hydrogen-bond donors (Lipinski definition) is 0. The van der Waals surface area contributed by atoms with Crippen molar-refractivity contribution in [2.45, 2.75) is 39.7 Å². The molecular formula is C59H47NO. The summed E-state index contributed by atoms with van der Waals surface area (Å²) in [6.07, 6.45) is 2.05. The minimum atomic E-state index is 0.0600. The van der Waals surface area contributed by atoms with E-state index in [1.165, 1.54) is 93.5 Å². The largest absolute Gasteiger partial charge is 0.456 e. The van der Waals surface area contributed by atoms with Crippen molar-refractivity contribution in [2.24, 2.45) is 16.8 Å². The van der Waals surface area contributed by atoms with Gasteiger partial charge in [-0.25, -0.2) is 0 Å². The fourth-order valence-corrected chi connectivity index (χ4v) is 10.2. The van der Waals surface area contributed by atoms with Crippen LogP contribution in [0.1, 0.15) is 56.3 Å². The lowest BCUT2D eigenvalue weighted by molar-refractivity contribution is 0.424. The number of nitrogens with zero attached hydrogens (tertiary/aromatic N) is 1. The number of benzene rings is 9. The van der Waals surface area contributed by atoms with E-state index in [0.29, 0.717) is 5.92 Å². The van der Waals surface area contributed by atoms with Crippen LogP contribution in [0, 0.1) is 11.8 Å². The van der Waals surface area contributed by atoms with Gasteiger partial charge < -0.3 is 4.42 Å². The fraction of sp³-hybridized carbons (Fsp3) is 0.136. The van der Waals surface area contributed by atoms with Gasteiger partial charge in [0.2, 0.25) is 0 Å². The molecule has 2 heteroatoms. The highest BCUT2D eigenvalue weighted by molar-refractivity contribution is 6.35. The molecule has 2 nitrogen and oxygen atoms in total. The van der Waals surface area contributed by atoms with Crippen LogP contribution in [0.2, 0.25) is 0 Å². The third kappa shape index (κ3) is 6.37. The van der Waals surface area contributed by atoms with Crippen LogP contribution in [0.5, 0.6) is 0 Å². The first-order valence-corrected chi connectivity index (χ1v) is 21.8. The molecule has 0 bridgehead atoms. The van der Waals surface area contributed by atoms with E-state index in [1.807, 2.05) is 0 Å². The van der Waals surface area contributed by atoms with Crippen LogP contribution >= 0.6 is 0 Å². The van der Waals surface area contributed by atoms with Gasteiger partial charge in [-0.15, -0.1) is 0 Å². The molecule has 61 heavy (non-hydrogen) atoms. The molecule has 1 aromatic heterocycles. The highest BCUT2D eigenvalue weighted by Gasteiger charge is 2.30. The second-order valence-electron chi connectivity index (χ2n) is 16.9. The lowest BCUT2D eigenvalue weighted by atomic mass is 9.77. The standard InChI is InChI=1S/C59H47NO/c1-4-39-35-51(41-19-10-6-11-20-41)37(2)38(3)58(60-59(39)42-21-12-7-13-22-42)47-26-15-25-45(34-47)43-23-14-24-44(33-43)46-29-30-49-50-27-16-28-53-56(50)57-54(61-53)32-31-48(55(57)52(49)36-46)40-17-8-5-9-18-40/h5-34,36,38-39,59H,4,35H2,1-3H3/b51-37+,60-58?. The molecule has 0 fully saturated rings. The van der Waals surface area contributed by atoms with E-state index in [1.54, 1.807) is 0 Å². The van der Waals surface area contributed by atoms with Crippen LogP contribution in [-0.2, 0) is 0 Å². The van der Waals surface area contributed by atoms with Crippen molar-refractivity contribution in [3.8, 4) is 33.4 Å². The van der Waals surface area contributed by atoms with Crippen molar-refractivity contribution in [1.29, 1.82) is 0 Å². The zero-order chi connectivity index (χ0) is 41.0. The Kier molecular flexibility index (Phi) is 9.23. The zero-order valence-electron chi connectivity index (χ0n) is 34.9. The second-order valence-corrected chi connectivity index (χ2v) is 16.9. The van der Waals surface area contributed by atoms with Gasteiger partial charge in [0, 0.05) is 27.8 Å². The molecule has 0 N–H and O–H groups in total. The molecule has 0 saturated heterocycles. The van der Waals surface area contributed by atoms with Crippen LogP contribution in [0.3, 0.4) is 0 Å². The van der Waals surface area contributed by atoms with E-state index in [2.05, 4.69) is 209 Å². The maximum absolute atomic E-state index is 6.49. The second kappa shape index (κ2) is 15.2. The zero-order valence-corrected chi connectivity index (χ0v) is 34.9. The topological polar surface area (TPSA) is 25.5 Å². The first-order valence-electron chi connectivity index (χ1n) is 21.8. The summed E-state index contributed by atoms with van der Waals surface area (Å²) in [5.41, 5.74) is 16.8. The van der Waals surface area contributed by atoms with Gasteiger partial charge in [-0.05, 0) is 121 Å². The van der Waals surface area contributed by atoms with Crippen molar-refractivity contribution < 1.29 is 4.42 Å². The van der Waals surface area contributed by atoms with Crippen LogP contribution in [0.25, 0.3) is 82.4 Å². The summed E-state index contributed by atoms with van der Waals surface area (Å²) >= 11 is 0. The molecule has 11 rings (SSSR count). The van der Waals surface area contributed by atoms with E-state index >= 15 is 0 Å². The number of fused-ring (bicyclic) bond motifs is 3. The molecule has 2 heterocycles. The van der Waals surface area contributed by atoms with Gasteiger partial charge in [-0.2, -0.15) is 0 Å². The van der Waals surface area contributed by atoms with E-state index in [-0.39, 0.29) is 12.0 Å². The van der Waals surface area contributed by atoms with Crippen molar-refractivity contribution in [1.82, 2.24) is 0 Å². The summed E-state index contributed by atoms with van der Waals surface area (Å²) in [6, 6.07) is 68.8. The van der Waals surface area contributed by atoms with E-state index in [9.17, 15) is 0 Å². The van der Waals surface area contributed by atoms with Gasteiger partial charge >= 0.3 is 0 Å². The number of furan rings is 1. The first-order chi connectivity index (χ1) is 30.0. The highest BCUT2D eigenvalue weighted by Crippen LogP contribution is 2.47. The third-order valence-corrected chi connectivity index (χ3v) is 13.5. The van der Waals surface area contributed by atoms with Gasteiger partial charge in [-0.3, -0.25) is 4.99 Å². The lowest BCUT2D eigenvalue weighted by Gasteiger charge is -2.32. The molecule has 10 aromatic rings. The molecule has 0 radical (unpaired) electrons. The molecule has 0 aliphatic carbocycles. The molecule has 1 aliphatic heterocycles. The van der Waals surface area contributed by atoms with E-state index < -0.39 is 0 Å². The predicted molar refractivity (Wildman–Crippen MR) is 259 cm³/mol. The number of hydrogen-bond acceptors (Lipinski definition) is 2. The molecule has 0 spiro atoms. The van der Waals surface area contributed by atoms with Crippen molar-refractivity contribution in [2.75, 3.05) is 0 Å². The minimum absolute atomic E-state index is 0.0600. The summed E-state index contributed by atoms with van der Waals surface area (Å²) in [7, 11) is 0. The predicted octanol–water partition coefficient (Wildman–Crippen LogP) is 16.4. The normalized spacial score (nSPS) is 18.5. The van der Waals surface area contributed by atoms with Crippen LogP contribution in [0.15, 0.2) is 203 Å². The molecule has 9 aromatic carbocycles. The Labute approximate surface area is 357 Å². The first kappa shape index (κ1) is 37.0. The summed E-state index contributed by atoms with van der Waals surface area (Å²) in [5.74, 6) is 0.512. The smallest absolute Gasteiger partial charge is 0.136 e. The van der Waals surface area contributed by atoms with Gasteiger partial charge in [-0.1, -0.05) is 184 Å². The monoisotopic (exact) mass is 785 g/mol. The molecule has 3 unspecified atom stereocenters. The summed E-state index contributed by atoms with van der Waals surface area (Å²) in [5, 5.41) is 7.36. The van der Waals surface area contributed by atoms with Crippen LogP contribution < -0.4 is 0 Å². The molecular weight excluding hydrogens is 739 g/mol. The van der Waals surface area contributed by atoms with E-state index in [4.69, 9.17) is 9.41 Å². The highest BCUT2D eigenvalue weighted by atomic mass is 16.3. The molecule has 0 saturated carbocycles. The Morgan fingerprint density at radius 3 is 1.79 bits per heavy atom. The Bertz CT molecular complexity index is 3280. The van der Waals surface area contributed by atoms with Crippen molar-refractivity contribution >= 4 is 54.8 Å². The van der Waals surface area contributed by atoms with Crippen molar-refractivity contribution in [3.05, 3.63) is 210 Å². The minimum Gasteiger partial charge on any atom is -0.456 e. The van der Waals surface area contributed by atoms with E-state index in [0.717, 1.165) is 29.7 Å². The lowest BCUT2D eigenvalue weighted by Crippen LogP contribution is -2.23. The van der Waals surface area contributed by atoms with Gasteiger partial charge in [0.25, 0.3) is 0 Å². The quantitative estimate of drug-likeness (QED) is 0.148. The average molecular weight is 786 g/mol. The van der Waals surface area contributed by atoms with Gasteiger partial charge in [0.1, 0.15) is 11.2 Å². The Balaban J connectivity index is 1.04. The van der Waals surface area contributed by atoms with Gasteiger partial charge in [0.05, 0.1) is 6.04 Å². The van der Waals surface area contributed by atoms with Crippen molar-refractivity contribution in [3.63, 3.8) is 0 Å². The van der Waals surface area contributed by atoms with Crippen LogP contribution in [0.4, 0.5) is 0 Å². The van der Waals surface area contributed by atoms with Crippen LogP contribution in [-0.4, -0.2) is 5.71 Å². The Hall–Kier alpha value is -7.03. The van der Waals surface area contributed by atoms with Gasteiger partial charge in [0.15, 0.2) is 0 Å². The maximum Gasteiger partial charge on any atom is 0.136 e. The Morgan fingerprint density at radius 1 is 0.492 bits per heavy atom. The molecule has 3 atom stereocenters. The summed E-state index contributed by atoms with van der Waals surface area (Å²) in [4.78, 5) is 5.78. The number of rotatable bonds is 7. The number of allylic oxidation sites excluding steroid dienone is 2. The molecule has 1 aliphatic rings. The average Bonchev–Trinajstić information content (AvgIpc) is 3.71. The summed E-state index contributed by atoms with van der Waals surface area (Å²) in [6.45, 7) is 7.01. The fourth-order valence-electron chi connectivity index (χ4n) is 10.2.